The van der Waals surface area contributed by atoms with Gasteiger partial charge in [0.25, 0.3) is 0 Å². The van der Waals surface area contributed by atoms with Gasteiger partial charge in [0.2, 0.25) is 0 Å². The van der Waals surface area contributed by atoms with Crippen molar-refractivity contribution in [3.8, 4) is 29.1 Å². The largest absolute Gasteiger partial charge is 0.478 e. The second kappa shape index (κ2) is 9.05. The lowest BCUT2D eigenvalue weighted by atomic mass is 10.1. The second-order valence-corrected chi connectivity index (χ2v) is 6.05. The molecule has 30 heavy (non-hydrogen) atoms. The van der Waals surface area contributed by atoms with Crippen LogP contribution < -0.4 is 9.47 Å². The highest BCUT2D eigenvalue weighted by molar-refractivity contribution is 5.88. The van der Waals surface area contributed by atoms with Gasteiger partial charge < -0.3 is 14.6 Å². The highest BCUT2D eigenvalue weighted by atomic mass is 19.4. The van der Waals surface area contributed by atoms with Gasteiger partial charge in [0, 0.05) is 5.56 Å². The Morgan fingerprint density at radius 3 is 2.30 bits per heavy atom. The molecule has 3 aromatic carbocycles. The average Bonchev–Trinajstić information content (AvgIpc) is 2.72. The zero-order valence-electron chi connectivity index (χ0n) is 15.4. The monoisotopic (exact) mass is 412 g/mol. The number of halogens is 3. The predicted molar refractivity (Wildman–Crippen MR) is 104 cm³/mol. The summed E-state index contributed by atoms with van der Waals surface area (Å²) in [6, 6.07) is 17.4. The van der Waals surface area contributed by atoms with E-state index in [1.165, 1.54) is 24.3 Å². The van der Waals surface area contributed by atoms with Crippen LogP contribution in [0.25, 0.3) is 0 Å². The Bertz CT molecular complexity index is 1090. The molecule has 0 unspecified atom stereocenters. The van der Waals surface area contributed by atoms with Gasteiger partial charge in [-0.1, -0.05) is 30.0 Å². The van der Waals surface area contributed by atoms with E-state index in [1.54, 1.807) is 36.4 Å². The van der Waals surface area contributed by atoms with Crippen LogP contribution in [-0.2, 0) is 6.18 Å². The number of aromatic carboxylic acids is 1. The third-order valence-electron chi connectivity index (χ3n) is 3.90. The molecule has 0 amide bonds. The fourth-order valence-corrected chi connectivity index (χ4v) is 2.47. The van der Waals surface area contributed by atoms with Crippen LogP contribution in [0.3, 0.4) is 0 Å². The van der Waals surface area contributed by atoms with E-state index in [0.717, 1.165) is 12.1 Å². The number of para-hydroxylation sites is 2. The first-order valence-corrected chi connectivity index (χ1v) is 8.72. The molecule has 3 aromatic rings. The van der Waals surface area contributed by atoms with E-state index in [4.69, 9.17) is 14.6 Å². The summed E-state index contributed by atoms with van der Waals surface area (Å²) in [5.41, 5.74) is -0.211. The molecule has 0 saturated carbocycles. The third kappa shape index (κ3) is 5.55. The van der Waals surface area contributed by atoms with Crippen molar-refractivity contribution in [1.82, 2.24) is 0 Å². The molecule has 0 saturated heterocycles. The molecule has 0 atom stereocenters. The first kappa shape index (κ1) is 20.8. The predicted octanol–water partition coefficient (Wildman–Crippen LogP) is 5.63. The van der Waals surface area contributed by atoms with Gasteiger partial charge in [0.15, 0.2) is 11.5 Å². The first-order chi connectivity index (χ1) is 14.3. The summed E-state index contributed by atoms with van der Waals surface area (Å²) in [6.07, 6.45) is -4.39. The smallest absolute Gasteiger partial charge is 0.416 e. The molecular formula is C23H15F3O4. The van der Waals surface area contributed by atoms with E-state index in [2.05, 4.69) is 11.8 Å². The van der Waals surface area contributed by atoms with E-state index in [1.807, 2.05) is 0 Å². The van der Waals surface area contributed by atoms with Crippen molar-refractivity contribution in [1.29, 1.82) is 0 Å². The molecule has 0 aliphatic heterocycles. The fraction of sp³-hybridized carbons (Fsp3) is 0.0870. The van der Waals surface area contributed by atoms with Crippen molar-refractivity contribution < 1.29 is 32.5 Å². The zero-order chi connectivity index (χ0) is 21.6. The van der Waals surface area contributed by atoms with E-state index in [9.17, 15) is 18.0 Å². The molecule has 0 aromatic heterocycles. The Balaban J connectivity index is 1.66. The van der Waals surface area contributed by atoms with Crippen LogP contribution in [0.2, 0.25) is 0 Å². The maximum atomic E-state index is 12.6. The van der Waals surface area contributed by atoms with E-state index in [-0.39, 0.29) is 12.2 Å². The number of carboxylic acid groups (broad SMARTS) is 1. The Hall–Kier alpha value is -3.92. The minimum atomic E-state index is -4.39. The quantitative estimate of drug-likeness (QED) is 0.552. The molecule has 0 radical (unpaired) electrons. The van der Waals surface area contributed by atoms with Crippen molar-refractivity contribution in [3.05, 3.63) is 89.5 Å². The van der Waals surface area contributed by atoms with Gasteiger partial charge >= 0.3 is 12.1 Å². The number of carboxylic acids is 1. The van der Waals surface area contributed by atoms with Crippen LogP contribution in [0.5, 0.6) is 17.2 Å². The number of alkyl halides is 3. The van der Waals surface area contributed by atoms with Gasteiger partial charge in [-0.15, -0.1) is 0 Å². The van der Waals surface area contributed by atoms with Crippen molar-refractivity contribution in [2.24, 2.45) is 0 Å². The Morgan fingerprint density at radius 2 is 1.63 bits per heavy atom. The van der Waals surface area contributed by atoms with Crippen molar-refractivity contribution in [3.63, 3.8) is 0 Å². The van der Waals surface area contributed by atoms with Crippen LogP contribution >= 0.6 is 0 Å². The molecule has 4 nitrogen and oxygen atoms in total. The van der Waals surface area contributed by atoms with E-state index in [0.29, 0.717) is 22.8 Å². The SMILES string of the molecule is O=C(O)c1cccc(Oc2ccccc2OCC#Cc2ccc(C(F)(F)F)cc2)c1. The molecule has 7 heteroatoms. The maximum Gasteiger partial charge on any atom is 0.416 e. The lowest BCUT2D eigenvalue weighted by Crippen LogP contribution is -2.04. The molecule has 0 aliphatic rings. The zero-order valence-corrected chi connectivity index (χ0v) is 15.4. The van der Waals surface area contributed by atoms with Gasteiger partial charge in [0.1, 0.15) is 12.4 Å². The van der Waals surface area contributed by atoms with Gasteiger partial charge in [-0.2, -0.15) is 13.2 Å². The number of benzene rings is 3. The second-order valence-electron chi connectivity index (χ2n) is 6.05. The lowest BCUT2D eigenvalue weighted by molar-refractivity contribution is -0.137. The van der Waals surface area contributed by atoms with Crippen LogP contribution in [0, 0.1) is 11.8 Å². The fourth-order valence-electron chi connectivity index (χ4n) is 2.47. The molecule has 0 heterocycles. The highest BCUT2D eigenvalue weighted by Gasteiger charge is 2.29. The van der Waals surface area contributed by atoms with Crippen molar-refractivity contribution in [2.75, 3.05) is 6.61 Å². The minimum absolute atomic E-state index is 0.0173. The Kier molecular flexibility index (Phi) is 6.28. The normalized spacial score (nSPS) is 10.6. The molecule has 0 fully saturated rings. The van der Waals surface area contributed by atoms with Crippen LogP contribution in [-0.4, -0.2) is 17.7 Å². The molecule has 3 rings (SSSR count). The molecule has 0 bridgehead atoms. The highest BCUT2D eigenvalue weighted by Crippen LogP contribution is 2.31. The average molecular weight is 412 g/mol. The van der Waals surface area contributed by atoms with Gasteiger partial charge in [0.05, 0.1) is 11.1 Å². The minimum Gasteiger partial charge on any atom is -0.478 e. The summed E-state index contributed by atoms with van der Waals surface area (Å²) in [5.74, 6) is 5.50. The molecule has 0 spiro atoms. The standard InChI is InChI=1S/C23H15F3O4/c24-23(25,26)18-12-10-16(11-13-18)5-4-14-29-20-8-1-2-9-21(20)30-19-7-3-6-17(15-19)22(27)28/h1-3,6-13,15H,14H2,(H,27,28). The topological polar surface area (TPSA) is 55.8 Å². The lowest BCUT2D eigenvalue weighted by Gasteiger charge is -2.11. The molecule has 1 N–H and O–H groups in total. The van der Waals surface area contributed by atoms with Crippen molar-refractivity contribution in [2.45, 2.75) is 6.18 Å². The summed E-state index contributed by atoms with van der Waals surface area (Å²) in [6.45, 7) is -0.0173. The Labute approximate surface area is 170 Å². The van der Waals surface area contributed by atoms with Crippen LogP contribution in [0.4, 0.5) is 13.2 Å². The van der Waals surface area contributed by atoms with Crippen molar-refractivity contribution >= 4 is 5.97 Å². The van der Waals surface area contributed by atoms with Crippen LogP contribution in [0.1, 0.15) is 21.5 Å². The van der Waals surface area contributed by atoms with E-state index >= 15 is 0 Å². The van der Waals surface area contributed by atoms with E-state index < -0.39 is 17.7 Å². The number of carbonyl (C=O) groups is 1. The number of rotatable bonds is 5. The summed E-state index contributed by atoms with van der Waals surface area (Å²) >= 11 is 0. The summed E-state index contributed by atoms with van der Waals surface area (Å²) in [7, 11) is 0. The molecular weight excluding hydrogens is 397 g/mol. The Morgan fingerprint density at radius 1 is 0.933 bits per heavy atom. The van der Waals surface area contributed by atoms with Gasteiger partial charge in [-0.05, 0) is 54.6 Å². The summed E-state index contributed by atoms with van der Waals surface area (Å²) in [4.78, 5) is 11.1. The summed E-state index contributed by atoms with van der Waals surface area (Å²) in [5, 5.41) is 9.07. The number of hydrogen-bond acceptors (Lipinski definition) is 3. The van der Waals surface area contributed by atoms with Crippen LogP contribution in [0.15, 0.2) is 72.8 Å². The third-order valence-corrected chi connectivity index (χ3v) is 3.90. The van der Waals surface area contributed by atoms with Gasteiger partial charge in [-0.3, -0.25) is 0 Å². The molecule has 0 aliphatic carbocycles. The molecule has 152 valence electrons. The van der Waals surface area contributed by atoms with Gasteiger partial charge in [-0.25, -0.2) is 4.79 Å². The first-order valence-electron chi connectivity index (χ1n) is 8.72. The number of hydrogen-bond donors (Lipinski definition) is 1. The number of ether oxygens (including phenoxy) is 2. The summed E-state index contributed by atoms with van der Waals surface area (Å²) < 4.78 is 49.0. The maximum absolute atomic E-state index is 12.6.